The van der Waals surface area contributed by atoms with Crippen molar-refractivity contribution in [1.82, 2.24) is 9.55 Å². The predicted octanol–water partition coefficient (Wildman–Crippen LogP) is 1.61. The van der Waals surface area contributed by atoms with Gasteiger partial charge in [0.25, 0.3) is 0 Å². The molecule has 0 aliphatic rings. The molecule has 2 aromatic rings. The highest BCUT2D eigenvalue weighted by Crippen LogP contribution is 2.26. The van der Waals surface area contributed by atoms with Crippen LogP contribution in [0, 0.1) is 0 Å². The van der Waals surface area contributed by atoms with E-state index in [1.807, 2.05) is 17.7 Å². The van der Waals surface area contributed by atoms with E-state index in [4.69, 9.17) is 5.73 Å². The van der Waals surface area contributed by atoms with Crippen molar-refractivity contribution in [2.45, 2.75) is 6.54 Å². The first-order chi connectivity index (χ1) is 6.33. The highest BCUT2D eigenvalue weighted by Gasteiger charge is 2.09. The molecule has 0 saturated carbocycles. The second-order valence-corrected chi connectivity index (χ2v) is 3.78. The zero-order chi connectivity index (χ0) is 9.26. The summed E-state index contributed by atoms with van der Waals surface area (Å²) >= 11 is 1.71. The van der Waals surface area contributed by atoms with Gasteiger partial charge in [-0.2, -0.15) is 0 Å². The summed E-state index contributed by atoms with van der Waals surface area (Å²) < 4.78 is 2.01. The molecule has 0 atom stereocenters. The molecule has 2 rings (SSSR count). The minimum absolute atomic E-state index is 0.494. The first kappa shape index (κ1) is 8.47. The van der Waals surface area contributed by atoms with Crippen LogP contribution >= 0.6 is 11.3 Å². The fourth-order valence-corrected chi connectivity index (χ4v) is 2.19. The van der Waals surface area contributed by atoms with Crippen molar-refractivity contribution >= 4 is 11.3 Å². The Labute approximate surface area is 80.8 Å². The summed E-state index contributed by atoms with van der Waals surface area (Å²) in [7, 11) is 1.99. The van der Waals surface area contributed by atoms with E-state index in [0.29, 0.717) is 6.54 Å². The highest BCUT2D eigenvalue weighted by molar-refractivity contribution is 7.13. The van der Waals surface area contributed by atoms with E-state index < -0.39 is 0 Å². The highest BCUT2D eigenvalue weighted by atomic mass is 32.1. The van der Waals surface area contributed by atoms with Gasteiger partial charge in [-0.3, -0.25) is 0 Å². The van der Waals surface area contributed by atoms with Crippen molar-refractivity contribution in [2.75, 3.05) is 0 Å². The van der Waals surface area contributed by atoms with E-state index in [-0.39, 0.29) is 0 Å². The van der Waals surface area contributed by atoms with Crippen LogP contribution in [0.5, 0.6) is 0 Å². The number of imidazole rings is 1. The molecular formula is C9H11N3S. The van der Waals surface area contributed by atoms with Crippen LogP contribution in [-0.2, 0) is 13.6 Å². The molecule has 0 saturated heterocycles. The number of hydrogen-bond acceptors (Lipinski definition) is 3. The van der Waals surface area contributed by atoms with Crippen LogP contribution in [0.4, 0.5) is 0 Å². The molecule has 3 nitrogen and oxygen atoms in total. The number of aryl methyl sites for hydroxylation is 1. The number of aromatic nitrogens is 2. The van der Waals surface area contributed by atoms with Crippen molar-refractivity contribution in [2.24, 2.45) is 12.8 Å². The Morgan fingerprint density at radius 1 is 1.62 bits per heavy atom. The minimum Gasteiger partial charge on any atom is -0.333 e. The molecule has 2 heterocycles. The lowest BCUT2D eigenvalue weighted by molar-refractivity contribution is 0.922. The molecule has 68 valence electrons. The Hall–Kier alpha value is -1.13. The average molecular weight is 193 g/mol. The monoisotopic (exact) mass is 193 g/mol. The summed E-state index contributed by atoms with van der Waals surface area (Å²) in [5.41, 5.74) is 7.70. The first-order valence-electron chi connectivity index (χ1n) is 4.07. The lowest BCUT2D eigenvalue weighted by atomic mass is 10.3. The Morgan fingerprint density at radius 2 is 2.46 bits per heavy atom. The molecule has 0 spiro atoms. The molecule has 0 bridgehead atoms. The summed E-state index contributed by atoms with van der Waals surface area (Å²) in [5.74, 6) is 0. The molecule has 2 aromatic heterocycles. The van der Waals surface area contributed by atoms with Crippen molar-refractivity contribution < 1.29 is 0 Å². The van der Waals surface area contributed by atoms with E-state index >= 15 is 0 Å². The van der Waals surface area contributed by atoms with Crippen LogP contribution in [-0.4, -0.2) is 9.55 Å². The van der Waals surface area contributed by atoms with E-state index in [0.717, 1.165) is 11.4 Å². The molecule has 0 aromatic carbocycles. The van der Waals surface area contributed by atoms with Gasteiger partial charge in [-0.05, 0) is 11.4 Å². The molecule has 0 amide bonds. The smallest absolute Gasteiger partial charge is 0.0952 e. The average Bonchev–Trinajstić information content (AvgIpc) is 2.72. The van der Waals surface area contributed by atoms with Gasteiger partial charge < -0.3 is 10.3 Å². The second kappa shape index (κ2) is 3.32. The third-order valence-corrected chi connectivity index (χ3v) is 2.84. The lowest BCUT2D eigenvalue weighted by Gasteiger charge is -2.00. The van der Waals surface area contributed by atoms with Gasteiger partial charge in [0.15, 0.2) is 0 Å². The Morgan fingerprint density at radius 3 is 3.08 bits per heavy atom. The molecule has 0 fully saturated rings. The van der Waals surface area contributed by atoms with Crippen LogP contribution < -0.4 is 5.73 Å². The summed E-state index contributed by atoms with van der Waals surface area (Å²) in [6.45, 7) is 0.494. The van der Waals surface area contributed by atoms with Gasteiger partial charge in [0.1, 0.15) is 0 Å². The van der Waals surface area contributed by atoms with Crippen LogP contribution in [0.15, 0.2) is 23.8 Å². The van der Waals surface area contributed by atoms with E-state index in [2.05, 4.69) is 16.4 Å². The fourth-order valence-electron chi connectivity index (χ4n) is 1.36. The van der Waals surface area contributed by atoms with Gasteiger partial charge in [-0.1, -0.05) is 6.07 Å². The Bertz CT molecular complexity index is 389. The zero-order valence-corrected chi connectivity index (χ0v) is 8.21. The summed E-state index contributed by atoms with van der Waals surface area (Å²) in [5, 5.41) is 2.06. The van der Waals surface area contributed by atoms with E-state index in [9.17, 15) is 0 Å². The van der Waals surface area contributed by atoms with Gasteiger partial charge >= 0.3 is 0 Å². The quantitative estimate of drug-likeness (QED) is 0.787. The fraction of sp³-hybridized carbons (Fsp3) is 0.222. The maximum Gasteiger partial charge on any atom is 0.0952 e. The van der Waals surface area contributed by atoms with Crippen LogP contribution in [0.2, 0.25) is 0 Å². The molecule has 13 heavy (non-hydrogen) atoms. The molecule has 0 radical (unpaired) electrons. The summed E-state index contributed by atoms with van der Waals surface area (Å²) in [4.78, 5) is 5.46. The molecule has 2 N–H and O–H groups in total. The SMILES string of the molecule is Cn1cnc(CN)c1-c1cccs1. The van der Waals surface area contributed by atoms with Crippen molar-refractivity contribution in [3.05, 3.63) is 29.5 Å². The standard InChI is InChI=1S/C9H11N3S/c1-12-6-11-7(5-10)9(12)8-3-2-4-13-8/h2-4,6H,5,10H2,1H3. The van der Waals surface area contributed by atoms with Crippen molar-refractivity contribution in [1.29, 1.82) is 0 Å². The molecule has 0 unspecified atom stereocenters. The van der Waals surface area contributed by atoms with E-state index in [1.54, 1.807) is 17.7 Å². The number of rotatable bonds is 2. The van der Waals surface area contributed by atoms with Crippen molar-refractivity contribution in [3.63, 3.8) is 0 Å². The largest absolute Gasteiger partial charge is 0.333 e. The van der Waals surface area contributed by atoms with Gasteiger partial charge in [0.2, 0.25) is 0 Å². The zero-order valence-electron chi connectivity index (χ0n) is 7.40. The predicted molar refractivity (Wildman–Crippen MR) is 54.4 cm³/mol. The summed E-state index contributed by atoms with van der Waals surface area (Å²) in [6, 6.07) is 4.12. The van der Waals surface area contributed by atoms with Crippen LogP contribution in [0.3, 0.4) is 0 Å². The molecule has 0 aliphatic carbocycles. The van der Waals surface area contributed by atoms with Gasteiger partial charge in [-0.15, -0.1) is 11.3 Å². The second-order valence-electron chi connectivity index (χ2n) is 2.83. The maximum absolute atomic E-state index is 5.60. The maximum atomic E-state index is 5.60. The van der Waals surface area contributed by atoms with Gasteiger partial charge in [0, 0.05) is 13.6 Å². The third kappa shape index (κ3) is 1.38. The third-order valence-electron chi connectivity index (χ3n) is 1.96. The number of hydrogen-bond donors (Lipinski definition) is 1. The Kier molecular flexibility index (Phi) is 2.16. The van der Waals surface area contributed by atoms with Crippen LogP contribution in [0.1, 0.15) is 5.69 Å². The number of nitrogens with zero attached hydrogens (tertiary/aromatic N) is 2. The Balaban J connectivity index is 2.55. The lowest BCUT2D eigenvalue weighted by Crippen LogP contribution is -1.99. The van der Waals surface area contributed by atoms with Gasteiger partial charge in [-0.25, -0.2) is 4.98 Å². The first-order valence-corrected chi connectivity index (χ1v) is 4.95. The van der Waals surface area contributed by atoms with Crippen molar-refractivity contribution in [3.8, 4) is 10.6 Å². The molecule has 0 aliphatic heterocycles. The van der Waals surface area contributed by atoms with Gasteiger partial charge in [0.05, 0.1) is 22.6 Å². The number of thiophene rings is 1. The topological polar surface area (TPSA) is 43.8 Å². The van der Waals surface area contributed by atoms with Crippen LogP contribution in [0.25, 0.3) is 10.6 Å². The van der Waals surface area contributed by atoms with E-state index in [1.165, 1.54) is 4.88 Å². The number of nitrogens with two attached hydrogens (primary N) is 1. The normalized spacial score (nSPS) is 10.6. The molecule has 4 heteroatoms. The molecular weight excluding hydrogens is 182 g/mol. The minimum atomic E-state index is 0.494. The summed E-state index contributed by atoms with van der Waals surface area (Å²) in [6.07, 6.45) is 1.80.